The number of pyridine rings is 1. The summed E-state index contributed by atoms with van der Waals surface area (Å²) in [5.41, 5.74) is 5.75. The summed E-state index contributed by atoms with van der Waals surface area (Å²) in [6.07, 6.45) is 3.29. The molecule has 1 heterocycles. The second-order valence-electron chi connectivity index (χ2n) is 6.13. The first kappa shape index (κ1) is 16.7. The maximum absolute atomic E-state index is 12.4. The maximum atomic E-state index is 12.4. The van der Waals surface area contributed by atoms with Crippen molar-refractivity contribution in [2.75, 3.05) is 5.32 Å². The fourth-order valence-electron chi connectivity index (χ4n) is 2.73. The molecule has 0 fully saturated rings. The molecule has 0 atom stereocenters. The summed E-state index contributed by atoms with van der Waals surface area (Å²) >= 11 is 0. The summed E-state index contributed by atoms with van der Waals surface area (Å²) < 4.78 is 0. The Balaban J connectivity index is 1.69. The minimum absolute atomic E-state index is 0.138. The molecule has 25 heavy (non-hydrogen) atoms. The highest BCUT2D eigenvalue weighted by Crippen LogP contribution is 2.19. The number of amides is 1. The fraction of sp³-hybridized carbons (Fsp3) is 0.143. The third-order valence-corrected chi connectivity index (χ3v) is 3.81. The number of aromatic nitrogens is 1. The van der Waals surface area contributed by atoms with Crippen LogP contribution >= 0.6 is 0 Å². The number of hydrogen-bond donors (Lipinski definition) is 2. The Kier molecular flexibility index (Phi) is 5.09. The van der Waals surface area contributed by atoms with Gasteiger partial charge < -0.3 is 10.6 Å². The molecule has 0 radical (unpaired) electrons. The third-order valence-electron chi connectivity index (χ3n) is 3.81. The maximum Gasteiger partial charge on any atom is 0.253 e. The standard InChI is InChI=1S/C21H21N3O/c1-15-8-16(2)10-19(9-15)24-20-11-18(13-22-14-20)21(25)23-12-17-6-4-3-5-7-17/h3-11,13-14,24H,12H2,1-2H3,(H,23,25). The molecule has 0 aliphatic rings. The van der Waals surface area contributed by atoms with Crippen LogP contribution < -0.4 is 10.6 Å². The minimum atomic E-state index is -0.138. The van der Waals surface area contributed by atoms with Gasteiger partial charge in [-0.1, -0.05) is 36.4 Å². The Morgan fingerprint density at radius 3 is 2.36 bits per heavy atom. The Morgan fingerprint density at radius 1 is 0.920 bits per heavy atom. The molecule has 126 valence electrons. The molecule has 3 rings (SSSR count). The van der Waals surface area contributed by atoms with Gasteiger partial charge in [-0.2, -0.15) is 0 Å². The first-order chi connectivity index (χ1) is 12.1. The van der Waals surface area contributed by atoms with Gasteiger partial charge in [0.05, 0.1) is 17.4 Å². The number of carbonyl (C=O) groups excluding carboxylic acids is 1. The van der Waals surface area contributed by atoms with Gasteiger partial charge in [0.25, 0.3) is 5.91 Å². The molecule has 0 aliphatic carbocycles. The van der Waals surface area contributed by atoms with Gasteiger partial charge in [-0.25, -0.2) is 0 Å². The number of hydrogen-bond acceptors (Lipinski definition) is 3. The predicted octanol–water partition coefficient (Wildman–Crippen LogP) is 4.37. The molecular weight excluding hydrogens is 310 g/mol. The Labute approximate surface area is 147 Å². The number of aryl methyl sites for hydroxylation is 2. The zero-order valence-electron chi connectivity index (χ0n) is 14.4. The number of carbonyl (C=O) groups is 1. The van der Waals surface area contributed by atoms with Crippen molar-refractivity contribution in [3.8, 4) is 0 Å². The van der Waals surface area contributed by atoms with E-state index in [2.05, 4.69) is 47.7 Å². The molecule has 0 spiro atoms. The SMILES string of the molecule is Cc1cc(C)cc(Nc2cncc(C(=O)NCc3ccccc3)c2)c1. The topological polar surface area (TPSA) is 54.0 Å². The van der Waals surface area contributed by atoms with Crippen LogP contribution in [0.1, 0.15) is 27.0 Å². The van der Waals surface area contributed by atoms with Crippen molar-refractivity contribution in [3.05, 3.63) is 89.2 Å². The highest BCUT2D eigenvalue weighted by Gasteiger charge is 2.07. The van der Waals surface area contributed by atoms with Gasteiger partial charge in [0.15, 0.2) is 0 Å². The van der Waals surface area contributed by atoms with Gasteiger partial charge in [-0.05, 0) is 48.7 Å². The van der Waals surface area contributed by atoms with Gasteiger partial charge in [0, 0.05) is 18.4 Å². The number of nitrogens with zero attached hydrogens (tertiary/aromatic N) is 1. The Morgan fingerprint density at radius 2 is 1.64 bits per heavy atom. The molecule has 0 saturated heterocycles. The van der Waals surface area contributed by atoms with Crippen LogP contribution in [0.5, 0.6) is 0 Å². The van der Waals surface area contributed by atoms with E-state index in [1.165, 1.54) is 11.1 Å². The normalized spacial score (nSPS) is 10.3. The van der Waals surface area contributed by atoms with E-state index in [4.69, 9.17) is 0 Å². The summed E-state index contributed by atoms with van der Waals surface area (Å²) in [5.74, 6) is -0.138. The number of anilines is 2. The molecule has 4 heteroatoms. The smallest absolute Gasteiger partial charge is 0.253 e. The van der Waals surface area contributed by atoms with E-state index in [0.717, 1.165) is 16.9 Å². The van der Waals surface area contributed by atoms with Crippen LogP contribution in [0.25, 0.3) is 0 Å². The van der Waals surface area contributed by atoms with Crippen LogP contribution in [0, 0.1) is 13.8 Å². The van der Waals surface area contributed by atoms with E-state index in [9.17, 15) is 4.79 Å². The summed E-state index contributed by atoms with van der Waals surface area (Å²) in [4.78, 5) is 16.5. The highest BCUT2D eigenvalue weighted by atomic mass is 16.1. The van der Waals surface area contributed by atoms with Crippen molar-refractivity contribution in [2.45, 2.75) is 20.4 Å². The molecule has 0 bridgehead atoms. The predicted molar refractivity (Wildman–Crippen MR) is 101 cm³/mol. The second-order valence-corrected chi connectivity index (χ2v) is 6.13. The zero-order chi connectivity index (χ0) is 17.6. The molecule has 1 amide bonds. The summed E-state index contributed by atoms with van der Waals surface area (Å²) in [6, 6.07) is 17.9. The average Bonchev–Trinajstić information content (AvgIpc) is 2.60. The lowest BCUT2D eigenvalue weighted by molar-refractivity contribution is 0.0950. The van der Waals surface area contributed by atoms with E-state index in [1.807, 2.05) is 36.4 Å². The van der Waals surface area contributed by atoms with Crippen LogP contribution in [-0.2, 0) is 6.54 Å². The summed E-state index contributed by atoms with van der Waals surface area (Å²) in [7, 11) is 0. The van der Waals surface area contributed by atoms with Crippen molar-refractivity contribution >= 4 is 17.3 Å². The monoisotopic (exact) mass is 331 g/mol. The van der Waals surface area contributed by atoms with Crippen molar-refractivity contribution in [1.82, 2.24) is 10.3 Å². The van der Waals surface area contributed by atoms with E-state index < -0.39 is 0 Å². The van der Waals surface area contributed by atoms with Crippen LogP contribution in [0.2, 0.25) is 0 Å². The van der Waals surface area contributed by atoms with E-state index in [0.29, 0.717) is 12.1 Å². The third kappa shape index (κ3) is 4.67. The number of nitrogens with one attached hydrogen (secondary N) is 2. The first-order valence-electron chi connectivity index (χ1n) is 8.23. The quantitative estimate of drug-likeness (QED) is 0.730. The minimum Gasteiger partial charge on any atom is -0.354 e. The van der Waals surface area contributed by atoms with E-state index in [1.54, 1.807) is 12.4 Å². The molecule has 3 aromatic rings. The zero-order valence-corrected chi connectivity index (χ0v) is 14.4. The average molecular weight is 331 g/mol. The van der Waals surface area contributed by atoms with Gasteiger partial charge in [-0.3, -0.25) is 9.78 Å². The number of benzene rings is 2. The van der Waals surface area contributed by atoms with Gasteiger partial charge >= 0.3 is 0 Å². The molecule has 2 aromatic carbocycles. The lowest BCUT2D eigenvalue weighted by Gasteiger charge is -2.10. The molecular formula is C21H21N3O. The van der Waals surface area contributed by atoms with Crippen LogP contribution in [0.4, 0.5) is 11.4 Å². The van der Waals surface area contributed by atoms with Crippen molar-refractivity contribution in [3.63, 3.8) is 0 Å². The summed E-state index contributed by atoms with van der Waals surface area (Å²) in [6.45, 7) is 4.61. The second kappa shape index (κ2) is 7.62. The van der Waals surface area contributed by atoms with Gasteiger partial charge in [0.1, 0.15) is 0 Å². The molecule has 4 nitrogen and oxygen atoms in total. The molecule has 2 N–H and O–H groups in total. The fourth-order valence-corrected chi connectivity index (χ4v) is 2.73. The van der Waals surface area contributed by atoms with Crippen LogP contribution in [0.3, 0.4) is 0 Å². The first-order valence-corrected chi connectivity index (χ1v) is 8.23. The number of rotatable bonds is 5. The van der Waals surface area contributed by atoms with Gasteiger partial charge in [-0.15, -0.1) is 0 Å². The van der Waals surface area contributed by atoms with Crippen LogP contribution in [0.15, 0.2) is 67.0 Å². The highest BCUT2D eigenvalue weighted by molar-refractivity contribution is 5.94. The van der Waals surface area contributed by atoms with Crippen molar-refractivity contribution < 1.29 is 4.79 Å². The Bertz CT molecular complexity index is 855. The lowest BCUT2D eigenvalue weighted by Crippen LogP contribution is -2.22. The lowest BCUT2D eigenvalue weighted by atomic mass is 10.1. The van der Waals surface area contributed by atoms with Gasteiger partial charge in [0.2, 0.25) is 0 Å². The molecule has 1 aromatic heterocycles. The van der Waals surface area contributed by atoms with Crippen LogP contribution in [-0.4, -0.2) is 10.9 Å². The van der Waals surface area contributed by atoms with Crippen molar-refractivity contribution in [1.29, 1.82) is 0 Å². The van der Waals surface area contributed by atoms with E-state index >= 15 is 0 Å². The Hall–Kier alpha value is -3.14. The summed E-state index contributed by atoms with van der Waals surface area (Å²) in [5, 5.41) is 6.23. The molecule has 0 saturated carbocycles. The molecule has 0 unspecified atom stereocenters. The van der Waals surface area contributed by atoms with E-state index in [-0.39, 0.29) is 5.91 Å². The van der Waals surface area contributed by atoms with Crippen molar-refractivity contribution in [2.24, 2.45) is 0 Å². The molecule has 0 aliphatic heterocycles. The largest absolute Gasteiger partial charge is 0.354 e.